The van der Waals surface area contributed by atoms with E-state index in [2.05, 4.69) is 79.6 Å². The average Bonchev–Trinajstić information content (AvgIpc) is 3.27. The largest absolute Gasteiger partial charge is 0.288 e. The summed E-state index contributed by atoms with van der Waals surface area (Å²) >= 11 is 0. The minimum atomic E-state index is -0.0712. The van der Waals surface area contributed by atoms with Crippen molar-refractivity contribution in [3.63, 3.8) is 0 Å². The predicted octanol–water partition coefficient (Wildman–Crippen LogP) is 4.75. The number of nitrogens with zero attached hydrogens (tertiary/aromatic N) is 5. The molecule has 0 aliphatic carbocycles. The molecule has 0 spiro atoms. The summed E-state index contributed by atoms with van der Waals surface area (Å²) in [5.41, 5.74) is 5.25. The molecule has 0 fully saturated rings. The van der Waals surface area contributed by atoms with E-state index < -0.39 is 0 Å². The molecule has 0 aliphatic heterocycles. The van der Waals surface area contributed by atoms with Crippen LogP contribution in [0.25, 0.3) is 22.6 Å². The van der Waals surface area contributed by atoms with Gasteiger partial charge in [0.2, 0.25) is 0 Å². The van der Waals surface area contributed by atoms with Gasteiger partial charge in [-0.2, -0.15) is 9.61 Å². The summed E-state index contributed by atoms with van der Waals surface area (Å²) in [5.74, 6) is 1.98. The Morgan fingerprint density at radius 1 is 1.07 bits per heavy atom. The van der Waals surface area contributed by atoms with Gasteiger partial charge in [0.25, 0.3) is 0 Å². The molecular weight excluding hydrogens is 334 g/mol. The highest BCUT2D eigenvalue weighted by Gasteiger charge is 2.22. The summed E-state index contributed by atoms with van der Waals surface area (Å²) in [5, 5.41) is 4.68. The summed E-state index contributed by atoms with van der Waals surface area (Å²) in [7, 11) is 0. The molecule has 138 valence electrons. The predicted molar refractivity (Wildman–Crippen MR) is 108 cm³/mol. The Bertz CT molecular complexity index is 1090. The molecule has 4 aromatic rings. The lowest BCUT2D eigenvalue weighted by atomic mass is 9.92. The molecule has 4 rings (SSSR count). The molecular formula is C22H25N5. The molecule has 0 bridgehead atoms. The molecule has 0 unspecified atom stereocenters. The van der Waals surface area contributed by atoms with Crippen molar-refractivity contribution in [3.8, 4) is 16.9 Å². The van der Waals surface area contributed by atoms with Crippen LogP contribution in [-0.4, -0.2) is 24.1 Å². The zero-order valence-corrected chi connectivity index (χ0v) is 16.6. The van der Waals surface area contributed by atoms with Crippen molar-refractivity contribution in [1.82, 2.24) is 24.1 Å². The lowest BCUT2D eigenvalue weighted by Crippen LogP contribution is -2.17. The minimum absolute atomic E-state index is 0.0712. The van der Waals surface area contributed by atoms with E-state index in [4.69, 9.17) is 4.98 Å². The monoisotopic (exact) mass is 359 g/mol. The van der Waals surface area contributed by atoms with Gasteiger partial charge in [0.1, 0.15) is 11.6 Å². The van der Waals surface area contributed by atoms with E-state index in [-0.39, 0.29) is 5.41 Å². The van der Waals surface area contributed by atoms with E-state index in [1.54, 1.807) is 0 Å². The highest BCUT2D eigenvalue weighted by atomic mass is 15.3. The van der Waals surface area contributed by atoms with Gasteiger partial charge in [-0.25, -0.2) is 9.97 Å². The molecule has 0 N–H and O–H groups in total. The van der Waals surface area contributed by atoms with E-state index in [1.807, 2.05) is 23.1 Å². The molecule has 5 nitrogen and oxygen atoms in total. The molecule has 1 aromatic carbocycles. The Labute approximate surface area is 159 Å². The fourth-order valence-corrected chi connectivity index (χ4v) is 3.24. The van der Waals surface area contributed by atoms with Crippen LogP contribution in [-0.2, 0) is 11.8 Å². The highest BCUT2D eigenvalue weighted by Crippen LogP contribution is 2.29. The van der Waals surface area contributed by atoms with Crippen LogP contribution < -0.4 is 0 Å². The fraction of sp³-hybridized carbons (Fsp3) is 0.318. The summed E-state index contributed by atoms with van der Waals surface area (Å²) in [6.45, 7) is 10.8. The Kier molecular flexibility index (Phi) is 4.10. The maximum absolute atomic E-state index is 5.00. The molecule has 27 heavy (non-hydrogen) atoms. The molecule has 0 radical (unpaired) electrons. The van der Waals surface area contributed by atoms with Gasteiger partial charge in [-0.1, -0.05) is 57.5 Å². The zero-order chi connectivity index (χ0) is 19.2. The van der Waals surface area contributed by atoms with E-state index >= 15 is 0 Å². The van der Waals surface area contributed by atoms with Crippen LogP contribution in [0.5, 0.6) is 0 Å². The van der Waals surface area contributed by atoms with E-state index in [0.29, 0.717) is 0 Å². The summed E-state index contributed by atoms with van der Waals surface area (Å²) in [6.07, 6.45) is 6.60. The third-order valence-electron chi connectivity index (χ3n) is 4.86. The van der Waals surface area contributed by atoms with Crippen LogP contribution in [0, 0.1) is 6.92 Å². The lowest BCUT2D eigenvalue weighted by Gasteiger charge is -2.20. The van der Waals surface area contributed by atoms with Gasteiger partial charge in [-0.3, -0.25) is 4.57 Å². The van der Waals surface area contributed by atoms with Crippen LogP contribution in [0.4, 0.5) is 0 Å². The topological polar surface area (TPSA) is 48.0 Å². The number of benzene rings is 1. The molecule has 3 heterocycles. The van der Waals surface area contributed by atoms with E-state index in [0.717, 1.165) is 40.5 Å². The fourth-order valence-electron chi connectivity index (χ4n) is 3.24. The standard InChI is InChI=1S/C22H25N5/c1-6-19-23-11-12-26(19)20-13-18(22(3,4)5)25-21-17(14-24-27(20)21)16-9-7-15(2)8-10-16/h7-14H,6H2,1-5H3. The van der Waals surface area contributed by atoms with Crippen molar-refractivity contribution in [2.24, 2.45) is 0 Å². The first kappa shape index (κ1) is 17.5. The summed E-state index contributed by atoms with van der Waals surface area (Å²) < 4.78 is 4.03. The molecule has 5 heteroatoms. The Morgan fingerprint density at radius 3 is 2.48 bits per heavy atom. The zero-order valence-electron chi connectivity index (χ0n) is 16.6. The van der Waals surface area contributed by atoms with Crippen LogP contribution in [0.3, 0.4) is 0 Å². The van der Waals surface area contributed by atoms with Gasteiger partial charge >= 0.3 is 0 Å². The molecule has 0 atom stereocenters. The first-order valence-electron chi connectivity index (χ1n) is 9.37. The van der Waals surface area contributed by atoms with Gasteiger partial charge in [-0.05, 0) is 12.5 Å². The second kappa shape index (κ2) is 6.34. The summed E-state index contributed by atoms with van der Waals surface area (Å²) in [6, 6.07) is 10.6. The Morgan fingerprint density at radius 2 is 1.81 bits per heavy atom. The molecule has 0 aliphatic rings. The quantitative estimate of drug-likeness (QED) is 0.530. The van der Waals surface area contributed by atoms with Gasteiger partial charge in [0, 0.05) is 35.9 Å². The van der Waals surface area contributed by atoms with Gasteiger partial charge in [0.15, 0.2) is 5.65 Å². The Hall–Kier alpha value is -2.95. The number of rotatable bonds is 3. The number of aryl methyl sites for hydroxylation is 2. The van der Waals surface area contributed by atoms with Crippen LogP contribution >= 0.6 is 0 Å². The van der Waals surface area contributed by atoms with Crippen LogP contribution in [0.15, 0.2) is 48.9 Å². The normalized spacial score (nSPS) is 12.0. The minimum Gasteiger partial charge on any atom is -0.288 e. The van der Waals surface area contributed by atoms with Crippen molar-refractivity contribution in [2.45, 2.75) is 46.5 Å². The molecule has 0 amide bonds. The number of hydrogen-bond donors (Lipinski definition) is 0. The first-order valence-corrected chi connectivity index (χ1v) is 9.37. The van der Waals surface area contributed by atoms with Crippen molar-refractivity contribution < 1.29 is 0 Å². The smallest absolute Gasteiger partial charge is 0.165 e. The maximum atomic E-state index is 5.00. The van der Waals surface area contributed by atoms with Crippen molar-refractivity contribution in [1.29, 1.82) is 0 Å². The number of aromatic nitrogens is 5. The molecule has 3 aromatic heterocycles. The third-order valence-corrected chi connectivity index (χ3v) is 4.86. The van der Waals surface area contributed by atoms with Gasteiger partial charge in [0.05, 0.1) is 11.9 Å². The second-order valence-corrected chi connectivity index (χ2v) is 7.98. The van der Waals surface area contributed by atoms with Crippen LogP contribution in [0.2, 0.25) is 0 Å². The molecule has 0 saturated heterocycles. The lowest BCUT2D eigenvalue weighted by molar-refractivity contribution is 0.566. The van der Waals surface area contributed by atoms with Crippen molar-refractivity contribution >= 4 is 5.65 Å². The number of imidazole rings is 1. The SMILES string of the molecule is CCc1nccn1-c1cc(C(C)(C)C)nc2c(-c3ccc(C)cc3)cnn12. The van der Waals surface area contributed by atoms with Crippen molar-refractivity contribution in [3.05, 3.63) is 66.0 Å². The van der Waals surface area contributed by atoms with Crippen LogP contribution in [0.1, 0.15) is 44.8 Å². The third kappa shape index (κ3) is 3.03. The van der Waals surface area contributed by atoms with E-state index in [1.165, 1.54) is 5.56 Å². The molecule has 0 saturated carbocycles. The average molecular weight is 359 g/mol. The number of hydrogen-bond acceptors (Lipinski definition) is 3. The van der Waals surface area contributed by atoms with Crippen molar-refractivity contribution in [2.75, 3.05) is 0 Å². The second-order valence-electron chi connectivity index (χ2n) is 7.98. The van der Waals surface area contributed by atoms with Gasteiger partial charge in [-0.15, -0.1) is 0 Å². The first-order chi connectivity index (χ1) is 12.9. The highest BCUT2D eigenvalue weighted by molar-refractivity contribution is 5.77. The van der Waals surface area contributed by atoms with E-state index in [9.17, 15) is 0 Å². The summed E-state index contributed by atoms with van der Waals surface area (Å²) in [4.78, 5) is 9.48. The maximum Gasteiger partial charge on any atom is 0.165 e. The van der Waals surface area contributed by atoms with Gasteiger partial charge < -0.3 is 0 Å². The Balaban J connectivity index is 2.02. The number of fused-ring (bicyclic) bond motifs is 1.